The predicted octanol–water partition coefficient (Wildman–Crippen LogP) is 2.32. The van der Waals surface area contributed by atoms with Crippen LogP contribution in [-0.4, -0.2) is 6.29 Å². The van der Waals surface area contributed by atoms with Crippen molar-refractivity contribution < 1.29 is 4.79 Å². The summed E-state index contributed by atoms with van der Waals surface area (Å²) in [5.74, 6) is 0. The molecule has 0 unspecified atom stereocenters. The van der Waals surface area contributed by atoms with Crippen LogP contribution in [-0.2, 0) is 4.79 Å². The van der Waals surface area contributed by atoms with Crippen molar-refractivity contribution in [1.29, 1.82) is 0 Å². The van der Waals surface area contributed by atoms with Gasteiger partial charge in [-0.3, -0.25) is 0 Å². The van der Waals surface area contributed by atoms with Crippen molar-refractivity contribution in [1.82, 2.24) is 0 Å². The minimum atomic E-state index is 0.667. The molecule has 0 aliphatic carbocycles. The molecular weight excluding hydrogens is 112 g/mol. The Bertz CT molecular complexity index is 84.6. The maximum absolute atomic E-state index is 9.80. The average Bonchev–Trinajstić information content (AvgIpc) is 1.89. The predicted molar refractivity (Wildman–Crippen MR) is 39.3 cm³/mol. The summed E-state index contributed by atoms with van der Waals surface area (Å²) in [6.07, 6.45) is 9.05. The molecule has 1 heteroatoms. The summed E-state index contributed by atoms with van der Waals surface area (Å²) in [6, 6.07) is 0. The lowest BCUT2D eigenvalue weighted by Gasteiger charge is -1.83. The van der Waals surface area contributed by atoms with E-state index in [9.17, 15) is 4.79 Å². The van der Waals surface area contributed by atoms with E-state index in [1.165, 1.54) is 6.42 Å². The number of hydrogen-bond acceptors (Lipinski definition) is 1. The van der Waals surface area contributed by atoms with Gasteiger partial charge < -0.3 is 4.79 Å². The molecular formula is C8H14O. The van der Waals surface area contributed by atoms with E-state index in [1.807, 2.05) is 0 Å². The Kier molecular flexibility index (Phi) is 6.92. The molecule has 9 heavy (non-hydrogen) atoms. The molecule has 0 rings (SSSR count). The molecule has 0 aliphatic heterocycles. The molecule has 0 N–H and O–H groups in total. The van der Waals surface area contributed by atoms with Crippen LogP contribution in [0.2, 0.25) is 0 Å². The third-order valence-corrected chi connectivity index (χ3v) is 1.07. The SMILES string of the molecule is CCC/C=C\CCC=O. The van der Waals surface area contributed by atoms with Gasteiger partial charge in [-0.2, -0.15) is 0 Å². The van der Waals surface area contributed by atoms with E-state index in [4.69, 9.17) is 0 Å². The number of hydrogen-bond donors (Lipinski definition) is 0. The lowest BCUT2D eigenvalue weighted by molar-refractivity contribution is -0.107. The highest BCUT2D eigenvalue weighted by atomic mass is 16.1. The second-order valence-corrected chi connectivity index (χ2v) is 2.00. The summed E-state index contributed by atoms with van der Waals surface area (Å²) in [5, 5.41) is 0. The minimum absolute atomic E-state index is 0.667. The summed E-state index contributed by atoms with van der Waals surface area (Å²) in [4.78, 5) is 9.80. The molecule has 0 radical (unpaired) electrons. The first-order chi connectivity index (χ1) is 4.41. The Labute approximate surface area is 56.8 Å². The normalized spacial score (nSPS) is 10.3. The van der Waals surface area contributed by atoms with Crippen molar-refractivity contribution >= 4 is 6.29 Å². The molecule has 0 saturated carbocycles. The molecule has 52 valence electrons. The van der Waals surface area contributed by atoms with E-state index in [0.717, 1.165) is 19.1 Å². The summed E-state index contributed by atoms with van der Waals surface area (Å²) < 4.78 is 0. The van der Waals surface area contributed by atoms with Gasteiger partial charge in [0.05, 0.1) is 0 Å². The molecule has 0 amide bonds. The Balaban J connectivity index is 2.94. The van der Waals surface area contributed by atoms with Gasteiger partial charge in [-0.1, -0.05) is 25.5 Å². The van der Waals surface area contributed by atoms with Crippen LogP contribution in [0.25, 0.3) is 0 Å². The van der Waals surface area contributed by atoms with Crippen molar-refractivity contribution in [2.24, 2.45) is 0 Å². The topological polar surface area (TPSA) is 17.1 Å². The summed E-state index contributed by atoms with van der Waals surface area (Å²) in [7, 11) is 0. The molecule has 0 aromatic carbocycles. The number of unbranched alkanes of at least 4 members (excludes halogenated alkanes) is 2. The smallest absolute Gasteiger partial charge is 0.120 e. The lowest BCUT2D eigenvalue weighted by atomic mass is 10.2. The van der Waals surface area contributed by atoms with E-state index >= 15 is 0 Å². The number of aldehydes is 1. The van der Waals surface area contributed by atoms with Crippen LogP contribution in [0.5, 0.6) is 0 Å². The second-order valence-electron chi connectivity index (χ2n) is 2.00. The molecule has 0 aromatic rings. The lowest BCUT2D eigenvalue weighted by Crippen LogP contribution is -1.70. The van der Waals surface area contributed by atoms with Gasteiger partial charge in [0.15, 0.2) is 0 Å². The molecule has 0 aromatic heterocycles. The van der Waals surface area contributed by atoms with Gasteiger partial charge in [-0.05, 0) is 12.8 Å². The molecule has 1 nitrogen and oxygen atoms in total. The second kappa shape index (κ2) is 7.41. The first-order valence-electron chi connectivity index (χ1n) is 3.50. The summed E-state index contributed by atoms with van der Waals surface area (Å²) >= 11 is 0. The van der Waals surface area contributed by atoms with Gasteiger partial charge in [0, 0.05) is 6.42 Å². The third kappa shape index (κ3) is 7.41. The average molecular weight is 126 g/mol. The number of carbonyl (C=O) groups is 1. The zero-order valence-corrected chi connectivity index (χ0v) is 5.97. The fraction of sp³-hybridized carbons (Fsp3) is 0.625. The van der Waals surface area contributed by atoms with E-state index in [2.05, 4.69) is 19.1 Å². The van der Waals surface area contributed by atoms with Crippen molar-refractivity contribution in [3.63, 3.8) is 0 Å². The number of allylic oxidation sites excluding steroid dienone is 2. The quantitative estimate of drug-likeness (QED) is 0.314. The van der Waals surface area contributed by atoms with Crippen molar-refractivity contribution in [3.05, 3.63) is 12.2 Å². The van der Waals surface area contributed by atoms with Gasteiger partial charge in [0.2, 0.25) is 0 Å². The van der Waals surface area contributed by atoms with E-state index in [-0.39, 0.29) is 0 Å². The van der Waals surface area contributed by atoms with Gasteiger partial charge in [-0.15, -0.1) is 0 Å². The zero-order valence-electron chi connectivity index (χ0n) is 5.97. The van der Waals surface area contributed by atoms with Crippen molar-refractivity contribution in [2.75, 3.05) is 0 Å². The fourth-order valence-corrected chi connectivity index (χ4v) is 0.567. The van der Waals surface area contributed by atoms with E-state index in [0.29, 0.717) is 6.42 Å². The molecule has 0 aliphatic rings. The van der Waals surface area contributed by atoms with Crippen LogP contribution < -0.4 is 0 Å². The van der Waals surface area contributed by atoms with Crippen LogP contribution in [0, 0.1) is 0 Å². The van der Waals surface area contributed by atoms with Gasteiger partial charge in [0.25, 0.3) is 0 Å². The Morgan fingerprint density at radius 3 is 2.33 bits per heavy atom. The zero-order chi connectivity index (χ0) is 6.95. The van der Waals surface area contributed by atoms with Crippen LogP contribution in [0.1, 0.15) is 32.6 Å². The number of carbonyl (C=O) groups excluding carboxylic acids is 1. The molecule has 0 bridgehead atoms. The highest BCUT2D eigenvalue weighted by molar-refractivity contribution is 5.49. The maximum Gasteiger partial charge on any atom is 0.120 e. The molecule has 0 spiro atoms. The van der Waals surface area contributed by atoms with Crippen LogP contribution >= 0.6 is 0 Å². The summed E-state index contributed by atoms with van der Waals surface area (Å²) in [5.41, 5.74) is 0. The molecule has 0 heterocycles. The molecule has 0 atom stereocenters. The Morgan fingerprint density at radius 1 is 1.11 bits per heavy atom. The van der Waals surface area contributed by atoms with E-state index < -0.39 is 0 Å². The Hall–Kier alpha value is -0.590. The van der Waals surface area contributed by atoms with Gasteiger partial charge >= 0.3 is 0 Å². The van der Waals surface area contributed by atoms with Crippen LogP contribution in [0.4, 0.5) is 0 Å². The first-order valence-corrected chi connectivity index (χ1v) is 3.50. The van der Waals surface area contributed by atoms with Gasteiger partial charge in [0.1, 0.15) is 6.29 Å². The molecule has 0 saturated heterocycles. The minimum Gasteiger partial charge on any atom is -0.303 e. The highest BCUT2D eigenvalue weighted by Crippen LogP contribution is 1.92. The third-order valence-electron chi connectivity index (χ3n) is 1.07. The molecule has 0 fully saturated rings. The van der Waals surface area contributed by atoms with Crippen LogP contribution in [0.3, 0.4) is 0 Å². The van der Waals surface area contributed by atoms with Crippen LogP contribution in [0.15, 0.2) is 12.2 Å². The summed E-state index contributed by atoms with van der Waals surface area (Å²) in [6.45, 7) is 2.14. The first kappa shape index (κ1) is 8.41. The Morgan fingerprint density at radius 2 is 1.78 bits per heavy atom. The largest absolute Gasteiger partial charge is 0.303 e. The van der Waals surface area contributed by atoms with E-state index in [1.54, 1.807) is 0 Å². The number of rotatable bonds is 5. The van der Waals surface area contributed by atoms with Crippen molar-refractivity contribution in [2.45, 2.75) is 32.6 Å². The van der Waals surface area contributed by atoms with Gasteiger partial charge in [-0.25, -0.2) is 0 Å². The highest BCUT2D eigenvalue weighted by Gasteiger charge is 1.76. The standard InChI is InChI=1S/C8H14O/c1-2-3-4-5-6-7-8-9/h4-5,8H,2-3,6-7H2,1H3/b5-4-. The fourth-order valence-electron chi connectivity index (χ4n) is 0.567. The van der Waals surface area contributed by atoms with Crippen molar-refractivity contribution in [3.8, 4) is 0 Å². The maximum atomic E-state index is 9.80. The monoisotopic (exact) mass is 126 g/mol.